The van der Waals surface area contributed by atoms with Crippen molar-refractivity contribution in [3.05, 3.63) is 28.8 Å². The zero-order chi connectivity index (χ0) is 19.5. The van der Waals surface area contributed by atoms with E-state index in [1.165, 1.54) is 0 Å². The minimum atomic E-state index is -4.59. The number of aliphatic carboxylic acids is 1. The normalized spacial score (nSPS) is 30.2. The molecule has 27 heavy (non-hydrogen) atoms. The minimum absolute atomic E-state index is 0. The van der Waals surface area contributed by atoms with E-state index in [1.807, 2.05) is 33.8 Å². The van der Waals surface area contributed by atoms with Gasteiger partial charge in [-0.15, -0.1) is 0 Å². The summed E-state index contributed by atoms with van der Waals surface area (Å²) in [4.78, 5) is 11.9. The first kappa shape index (κ1) is 22.9. The van der Waals surface area contributed by atoms with Crippen molar-refractivity contribution in [1.29, 1.82) is 0 Å². The standard InChI is InChI=1S/C20H28O5S.Na/c1-12(2)14-10-13-6-7-17-19(3,8-5-9-20(17,4)18(21)22)15(13)11-16(14)26(23,24)25;/h10-12,17H,5-9H2,1-4H3,(H,21,22)(H,23,24,25);/q;+1/p-1/t17?,19-,20-;/m1./s1. The fourth-order valence-electron chi connectivity index (χ4n) is 5.44. The summed E-state index contributed by atoms with van der Waals surface area (Å²) in [6, 6.07) is 3.44. The Bertz CT molecular complexity index is 863. The van der Waals surface area contributed by atoms with Crippen LogP contribution in [0.15, 0.2) is 17.0 Å². The molecule has 1 aromatic rings. The molecule has 0 aromatic heterocycles. The van der Waals surface area contributed by atoms with Gasteiger partial charge in [0.05, 0.1) is 10.3 Å². The molecule has 1 fully saturated rings. The van der Waals surface area contributed by atoms with Gasteiger partial charge in [0.2, 0.25) is 0 Å². The van der Waals surface area contributed by atoms with Gasteiger partial charge in [0, 0.05) is 0 Å². The number of hydrogen-bond donors (Lipinski definition) is 1. The number of carbonyl (C=O) groups is 1. The molecule has 7 heteroatoms. The van der Waals surface area contributed by atoms with E-state index < -0.39 is 26.9 Å². The third kappa shape index (κ3) is 3.64. The van der Waals surface area contributed by atoms with Crippen molar-refractivity contribution in [2.45, 2.75) is 76.0 Å². The maximum atomic E-state index is 12.0. The average molecular weight is 402 g/mol. The molecule has 3 atom stereocenters. The van der Waals surface area contributed by atoms with Gasteiger partial charge in [-0.25, -0.2) is 8.42 Å². The Hall–Kier alpha value is -0.400. The number of aryl methyl sites for hydroxylation is 1. The molecule has 0 spiro atoms. The van der Waals surface area contributed by atoms with Crippen molar-refractivity contribution in [3.8, 4) is 0 Å². The number of carboxylic acid groups (broad SMARTS) is 1. The topological polar surface area (TPSA) is 94.5 Å². The summed E-state index contributed by atoms with van der Waals surface area (Å²) in [5.41, 5.74) is 1.25. The molecule has 3 rings (SSSR count). The molecule has 0 amide bonds. The summed E-state index contributed by atoms with van der Waals surface area (Å²) in [6.07, 6.45) is 3.72. The first-order valence-corrected chi connectivity index (χ1v) is 10.7. The fraction of sp³-hybridized carbons (Fsp3) is 0.650. The molecule has 1 saturated carbocycles. The van der Waals surface area contributed by atoms with Crippen LogP contribution >= 0.6 is 0 Å². The van der Waals surface area contributed by atoms with E-state index in [1.54, 1.807) is 6.07 Å². The first-order chi connectivity index (χ1) is 11.9. The molecule has 1 aromatic carbocycles. The van der Waals surface area contributed by atoms with E-state index in [0.29, 0.717) is 12.0 Å². The van der Waals surface area contributed by atoms with Crippen molar-refractivity contribution in [3.63, 3.8) is 0 Å². The summed E-state index contributed by atoms with van der Waals surface area (Å²) < 4.78 is 35.7. The SMILES string of the molecule is CC(C)c1cc2c(cc1S(=O)(=O)[O-])[C@@]1(C)CCC[C@@](C)(C(=O)O)C1CC2.[Na+]. The number of rotatable bonds is 3. The third-order valence-electron chi connectivity index (χ3n) is 6.86. The predicted octanol–water partition coefficient (Wildman–Crippen LogP) is 0.813. The maximum Gasteiger partial charge on any atom is 1.00 e. The molecule has 0 heterocycles. The van der Waals surface area contributed by atoms with Crippen LogP contribution in [0.5, 0.6) is 0 Å². The van der Waals surface area contributed by atoms with E-state index in [2.05, 4.69) is 0 Å². The third-order valence-corrected chi connectivity index (χ3v) is 7.76. The van der Waals surface area contributed by atoms with E-state index in [0.717, 1.165) is 36.8 Å². The molecule has 2 aliphatic rings. The van der Waals surface area contributed by atoms with Crippen LogP contribution in [-0.4, -0.2) is 24.0 Å². The van der Waals surface area contributed by atoms with Crippen molar-refractivity contribution in [1.82, 2.24) is 0 Å². The molecule has 0 saturated heterocycles. The van der Waals surface area contributed by atoms with Gasteiger partial charge in [-0.1, -0.05) is 33.3 Å². The van der Waals surface area contributed by atoms with Crippen molar-refractivity contribution in [2.75, 3.05) is 0 Å². The molecule has 1 unspecified atom stereocenters. The van der Waals surface area contributed by atoms with Crippen LogP contribution in [0.25, 0.3) is 0 Å². The Balaban J connectivity index is 0.00000261. The van der Waals surface area contributed by atoms with Gasteiger partial charge in [0.25, 0.3) is 0 Å². The largest absolute Gasteiger partial charge is 1.00 e. The molecule has 0 bridgehead atoms. The molecular formula is C20H27NaO5S. The van der Waals surface area contributed by atoms with Gasteiger partial charge in [-0.05, 0) is 72.6 Å². The second kappa shape index (κ2) is 7.45. The zero-order valence-electron chi connectivity index (χ0n) is 16.8. The first-order valence-electron chi connectivity index (χ1n) is 9.28. The number of fused-ring (bicyclic) bond motifs is 3. The van der Waals surface area contributed by atoms with Crippen molar-refractivity contribution >= 4 is 16.1 Å². The molecular weight excluding hydrogens is 375 g/mol. The van der Waals surface area contributed by atoms with Crippen LogP contribution in [0.2, 0.25) is 0 Å². The smallest absolute Gasteiger partial charge is 0.744 e. The predicted molar refractivity (Wildman–Crippen MR) is 97.3 cm³/mol. The van der Waals surface area contributed by atoms with Gasteiger partial charge in [-0.3, -0.25) is 4.79 Å². The van der Waals surface area contributed by atoms with Gasteiger partial charge in [0.1, 0.15) is 10.1 Å². The molecule has 144 valence electrons. The van der Waals surface area contributed by atoms with Gasteiger partial charge < -0.3 is 9.66 Å². The Kier molecular flexibility index (Phi) is 6.31. The van der Waals surface area contributed by atoms with Crippen molar-refractivity contribution in [2.24, 2.45) is 11.3 Å². The van der Waals surface area contributed by atoms with Gasteiger partial charge >= 0.3 is 35.5 Å². The number of benzene rings is 1. The van der Waals surface area contributed by atoms with Crippen LogP contribution < -0.4 is 29.6 Å². The summed E-state index contributed by atoms with van der Waals surface area (Å²) in [6.45, 7) is 7.63. The van der Waals surface area contributed by atoms with Crippen LogP contribution in [-0.2, 0) is 26.7 Å². The summed E-state index contributed by atoms with van der Waals surface area (Å²) in [7, 11) is -4.59. The Labute approximate surface area is 184 Å². The molecule has 0 radical (unpaired) electrons. The van der Waals surface area contributed by atoms with E-state index in [9.17, 15) is 22.9 Å². The van der Waals surface area contributed by atoms with E-state index >= 15 is 0 Å². The summed E-state index contributed by atoms with van der Waals surface area (Å²) >= 11 is 0. The van der Waals surface area contributed by atoms with Crippen LogP contribution in [0, 0.1) is 11.3 Å². The van der Waals surface area contributed by atoms with E-state index in [4.69, 9.17) is 0 Å². The van der Waals surface area contributed by atoms with E-state index in [-0.39, 0.29) is 46.3 Å². The molecule has 0 aliphatic heterocycles. The second-order valence-corrected chi connectivity index (χ2v) is 10.1. The molecule has 1 N–H and O–H groups in total. The maximum absolute atomic E-state index is 12.0. The molecule has 5 nitrogen and oxygen atoms in total. The fourth-order valence-corrected chi connectivity index (χ4v) is 6.29. The van der Waals surface area contributed by atoms with Crippen LogP contribution in [0.3, 0.4) is 0 Å². The second-order valence-electron chi connectivity index (χ2n) is 8.74. The monoisotopic (exact) mass is 402 g/mol. The van der Waals surface area contributed by atoms with Crippen LogP contribution in [0.1, 0.15) is 76.0 Å². The molecule has 2 aliphatic carbocycles. The number of hydrogen-bond acceptors (Lipinski definition) is 4. The quantitative estimate of drug-likeness (QED) is 0.597. The Morgan fingerprint density at radius 3 is 2.41 bits per heavy atom. The number of carboxylic acids is 1. The summed E-state index contributed by atoms with van der Waals surface area (Å²) in [5, 5.41) is 9.85. The van der Waals surface area contributed by atoms with Gasteiger partial charge in [0.15, 0.2) is 0 Å². The summed E-state index contributed by atoms with van der Waals surface area (Å²) in [5.74, 6) is -0.923. The Morgan fingerprint density at radius 2 is 1.89 bits per heavy atom. The Morgan fingerprint density at radius 1 is 1.26 bits per heavy atom. The average Bonchev–Trinajstić information content (AvgIpc) is 2.52. The van der Waals surface area contributed by atoms with Gasteiger partial charge in [-0.2, -0.15) is 0 Å². The zero-order valence-corrected chi connectivity index (χ0v) is 19.6. The van der Waals surface area contributed by atoms with Crippen molar-refractivity contribution < 1.29 is 52.4 Å². The minimum Gasteiger partial charge on any atom is -0.744 e. The van der Waals surface area contributed by atoms with Crippen LogP contribution in [0.4, 0.5) is 0 Å².